The van der Waals surface area contributed by atoms with Gasteiger partial charge in [-0.25, -0.2) is 18.9 Å². The molecule has 0 bridgehead atoms. The third-order valence-corrected chi connectivity index (χ3v) is 4.54. The van der Waals surface area contributed by atoms with E-state index in [1.54, 1.807) is 6.07 Å². The number of amides is 4. The number of nitrogens with zero attached hydrogens (tertiary/aromatic N) is 1. The van der Waals surface area contributed by atoms with Crippen LogP contribution in [0, 0.1) is 5.82 Å². The second-order valence-corrected chi connectivity index (χ2v) is 6.94. The van der Waals surface area contributed by atoms with Crippen LogP contribution in [0.5, 0.6) is 11.5 Å². The number of carboxylic acids is 1. The predicted octanol–water partition coefficient (Wildman–Crippen LogP) is 2.22. The van der Waals surface area contributed by atoms with Gasteiger partial charge in [0.05, 0.1) is 7.11 Å². The van der Waals surface area contributed by atoms with Crippen molar-refractivity contribution in [1.29, 1.82) is 0 Å². The molecule has 1 atom stereocenters. The zero-order chi connectivity index (χ0) is 24.1. The first-order valence-electron chi connectivity index (χ1n) is 9.65. The van der Waals surface area contributed by atoms with E-state index in [1.807, 2.05) is 0 Å². The molecule has 0 spiro atoms. The number of imide groups is 1. The number of urea groups is 1. The first-order chi connectivity index (χ1) is 15.7. The number of carboxylic acid groups (broad SMARTS) is 1. The lowest BCUT2D eigenvalue weighted by Crippen LogP contribution is -2.38. The highest BCUT2D eigenvalue weighted by Gasteiger charge is 2.35. The van der Waals surface area contributed by atoms with Crippen LogP contribution in [0.1, 0.15) is 12.5 Å². The number of hydrogen-bond acceptors (Lipinski definition) is 6. The normalized spacial score (nSPS) is 15.2. The van der Waals surface area contributed by atoms with E-state index in [0.717, 1.165) is 17.0 Å². The smallest absolute Gasteiger partial charge is 0.344 e. The quantitative estimate of drug-likeness (QED) is 0.409. The molecule has 2 aromatic carbocycles. The van der Waals surface area contributed by atoms with Crippen molar-refractivity contribution in [3.8, 4) is 11.5 Å². The van der Waals surface area contributed by atoms with Crippen LogP contribution in [0.4, 0.5) is 14.9 Å². The Hall–Kier alpha value is -4.41. The number of halogens is 1. The monoisotopic (exact) mass is 457 g/mol. The van der Waals surface area contributed by atoms with E-state index in [1.165, 1.54) is 44.4 Å². The Balaban J connectivity index is 1.71. The number of methoxy groups -OCH3 is 1. The van der Waals surface area contributed by atoms with E-state index in [4.69, 9.17) is 14.6 Å². The van der Waals surface area contributed by atoms with Crippen molar-refractivity contribution in [3.05, 3.63) is 59.5 Å². The lowest BCUT2D eigenvalue weighted by atomic mass is 10.1. The zero-order valence-electron chi connectivity index (χ0n) is 17.6. The summed E-state index contributed by atoms with van der Waals surface area (Å²) in [6.07, 6.45) is 0.277. The van der Waals surface area contributed by atoms with Gasteiger partial charge in [0, 0.05) is 5.69 Å². The Morgan fingerprint density at radius 3 is 2.52 bits per heavy atom. The number of aliphatic carboxylic acids is 1. The van der Waals surface area contributed by atoms with Crippen LogP contribution >= 0.6 is 0 Å². The first kappa shape index (κ1) is 23.3. The predicted molar refractivity (Wildman–Crippen MR) is 114 cm³/mol. The summed E-state index contributed by atoms with van der Waals surface area (Å²) < 4.78 is 23.5. The minimum absolute atomic E-state index is 0.0655. The van der Waals surface area contributed by atoms with Crippen LogP contribution in [0.15, 0.2) is 48.2 Å². The molecule has 1 fully saturated rings. The maximum atomic E-state index is 13.0. The van der Waals surface area contributed by atoms with E-state index in [0.29, 0.717) is 11.3 Å². The molecule has 1 saturated heterocycles. The van der Waals surface area contributed by atoms with Gasteiger partial charge >= 0.3 is 12.0 Å². The number of carbonyl (C=O) groups excluding carboxylic acids is 3. The molecule has 0 radical (unpaired) electrons. The number of rotatable bonds is 8. The average Bonchev–Trinajstić information content (AvgIpc) is 3.03. The summed E-state index contributed by atoms with van der Waals surface area (Å²) in [6.45, 7) is 0.827. The molecule has 0 saturated carbocycles. The van der Waals surface area contributed by atoms with Crippen LogP contribution in [0.2, 0.25) is 0 Å². The van der Waals surface area contributed by atoms with E-state index >= 15 is 0 Å². The van der Waals surface area contributed by atoms with E-state index in [-0.39, 0.29) is 17.2 Å². The van der Waals surface area contributed by atoms with Gasteiger partial charge in [0.15, 0.2) is 17.6 Å². The van der Waals surface area contributed by atoms with Crippen molar-refractivity contribution < 1.29 is 38.1 Å². The first-order valence-corrected chi connectivity index (χ1v) is 9.65. The Morgan fingerprint density at radius 2 is 1.88 bits per heavy atom. The van der Waals surface area contributed by atoms with Crippen LogP contribution < -0.4 is 20.1 Å². The van der Waals surface area contributed by atoms with Gasteiger partial charge in [0.1, 0.15) is 18.1 Å². The summed E-state index contributed by atoms with van der Waals surface area (Å²) >= 11 is 0. The molecule has 0 aromatic heterocycles. The molecule has 1 aliphatic rings. The third kappa shape index (κ3) is 5.64. The minimum atomic E-state index is -1.15. The standard InChI is InChI=1S/C22H20FN3O7/c1-12(21(29)30)33-17-8-3-13(10-18(17)32-2)9-16-20(28)26(22(31)25-16)11-19(27)24-15-6-4-14(23)5-7-15/h3-10,12H,11H2,1-2H3,(H,24,27)(H,25,31)(H,29,30)/b16-9-/t12-/m0/s1. The molecule has 3 N–H and O–H groups in total. The summed E-state index contributed by atoms with van der Waals surface area (Å²) in [5.74, 6) is -2.55. The molecular formula is C22H20FN3O7. The van der Waals surface area contributed by atoms with Gasteiger partial charge in [-0.2, -0.15) is 0 Å². The van der Waals surface area contributed by atoms with Gasteiger partial charge in [-0.1, -0.05) is 6.07 Å². The molecule has 11 heteroatoms. The Morgan fingerprint density at radius 1 is 1.18 bits per heavy atom. The van der Waals surface area contributed by atoms with Gasteiger partial charge in [0.2, 0.25) is 5.91 Å². The summed E-state index contributed by atoms with van der Waals surface area (Å²) in [5, 5.41) is 13.9. The van der Waals surface area contributed by atoms with Gasteiger partial charge in [-0.15, -0.1) is 0 Å². The topological polar surface area (TPSA) is 134 Å². The van der Waals surface area contributed by atoms with Crippen LogP contribution in [0.25, 0.3) is 6.08 Å². The fourth-order valence-electron chi connectivity index (χ4n) is 2.87. The number of hydrogen-bond donors (Lipinski definition) is 3. The Labute approximate surface area is 187 Å². The highest BCUT2D eigenvalue weighted by atomic mass is 19.1. The summed E-state index contributed by atoms with van der Waals surface area (Å²) in [6, 6.07) is 8.77. The SMILES string of the molecule is COc1cc(/C=C2\NC(=O)N(CC(=O)Nc3ccc(F)cc3)C2=O)ccc1O[C@@H](C)C(=O)O. The van der Waals surface area contributed by atoms with Gasteiger partial charge in [-0.05, 0) is 55.0 Å². The second kappa shape index (κ2) is 9.81. The zero-order valence-corrected chi connectivity index (χ0v) is 17.6. The second-order valence-electron chi connectivity index (χ2n) is 6.94. The van der Waals surface area contributed by atoms with Crippen molar-refractivity contribution in [2.75, 3.05) is 19.0 Å². The number of carbonyl (C=O) groups is 4. The molecule has 0 unspecified atom stereocenters. The highest BCUT2D eigenvalue weighted by molar-refractivity contribution is 6.15. The maximum absolute atomic E-state index is 13.0. The maximum Gasteiger partial charge on any atom is 0.344 e. The molecular weight excluding hydrogens is 437 g/mol. The van der Waals surface area contributed by atoms with Gasteiger partial charge in [-0.3, -0.25) is 9.59 Å². The largest absolute Gasteiger partial charge is 0.493 e. The fourth-order valence-corrected chi connectivity index (χ4v) is 2.87. The Bertz CT molecular complexity index is 1130. The molecule has 2 aromatic rings. The molecule has 1 heterocycles. The van der Waals surface area contributed by atoms with Crippen molar-refractivity contribution >= 4 is 35.6 Å². The Kier molecular flexibility index (Phi) is 6.91. The summed E-state index contributed by atoms with van der Waals surface area (Å²) in [5.41, 5.74) is 0.712. The number of nitrogens with one attached hydrogen (secondary N) is 2. The average molecular weight is 457 g/mol. The van der Waals surface area contributed by atoms with Gasteiger partial charge < -0.3 is 25.2 Å². The van der Waals surface area contributed by atoms with Crippen LogP contribution in [0.3, 0.4) is 0 Å². The number of benzene rings is 2. The molecule has 3 rings (SSSR count). The van der Waals surface area contributed by atoms with Crippen LogP contribution in [-0.2, 0) is 14.4 Å². The minimum Gasteiger partial charge on any atom is -0.493 e. The summed E-state index contributed by atoms with van der Waals surface area (Å²) in [7, 11) is 1.37. The number of ether oxygens (including phenoxy) is 2. The summed E-state index contributed by atoms with van der Waals surface area (Å²) in [4.78, 5) is 48.7. The molecule has 1 aliphatic heterocycles. The van der Waals surface area contributed by atoms with Gasteiger partial charge in [0.25, 0.3) is 5.91 Å². The van der Waals surface area contributed by atoms with Crippen LogP contribution in [-0.4, -0.2) is 53.6 Å². The fraction of sp³-hybridized carbons (Fsp3) is 0.182. The van der Waals surface area contributed by atoms with Crippen molar-refractivity contribution in [2.24, 2.45) is 0 Å². The van der Waals surface area contributed by atoms with Crippen molar-refractivity contribution in [3.63, 3.8) is 0 Å². The van der Waals surface area contributed by atoms with E-state index in [9.17, 15) is 23.6 Å². The third-order valence-electron chi connectivity index (χ3n) is 4.54. The van der Waals surface area contributed by atoms with E-state index in [2.05, 4.69) is 10.6 Å². The van der Waals surface area contributed by atoms with Crippen molar-refractivity contribution in [1.82, 2.24) is 10.2 Å². The highest BCUT2D eigenvalue weighted by Crippen LogP contribution is 2.30. The van der Waals surface area contributed by atoms with Crippen molar-refractivity contribution in [2.45, 2.75) is 13.0 Å². The molecule has 0 aliphatic carbocycles. The lowest BCUT2D eigenvalue weighted by molar-refractivity contribution is -0.144. The molecule has 172 valence electrons. The molecule has 33 heavy (non-hydrogen) atoms. The molecule has 10 nitrogen and oxygen atoms in total. The molecule has 4 amide bonds. The van der Waals surface area contributed by atoms with E-state index < -0.39 is 42.3 Å². The number of anilines is 1. The lowest BCUT2D eigenvalue weighted by Gasteiger charge is -2.14.